The predicted molar refractivity (Wildman–Crippen MR) is 343 cm³/mol. The average molecular weight is 1100 g/mol. The Morgan fingerprint density at radius 3 is 0.974 bits per heavy atom. The first-order valence-corrected chi connectivity index (χ1v) is 35.6. The van der Waals surface area contributed by atoms with E-state index in [2.05, 4.69) is 43.5 Å². The van der Waals surface area contributed by atoms with Crippen LogP contribution >= 0.6 is 0 Å². The highest BCUT2D eigenvalue weighted by Gasteiger charge is 2.20. The number of allylic oxidation sites excluding steroid dienone is 4. The van der Waals surface area contributed by atoms with Crippen molar-refractivity contribution >= 4 is 11.9 Å². The summed E-state index contributed by atoms with van der Waals surface area (Å²) in [7, 11) is 0. The lowest BCUT2D eigenvalue weighted by atomic mass is 10.0. The Labute approximate surface area is 488 Å². The number of ether oxygens (including phenoxy) is 1. The van der Waals surface area contributed by atoms with Gasteiger partial charge in [-0.25, -0.2) is 0 Å². The van der Waals surface area contributed by atoms with Gasteiger partial charge in [-0.05, 0) is 57.8 Å². The largest absolute Gasteiger partial charge is 0.466 e. The highest BCUT2D eigenvalue weighted by Crippen LogP contribution is 2.19. The van der Waals surface area contributed by atoms with Crippen molar-refractivity contribution in [3.63, 3.8) is 0 Å². The smallest absolute Gasteiger partial charge is 0.305 e. The average Bonchev–Trinajstić information content (AvgIpc) is 3.44. The molecule has 0 bridgehead atoms. The van der Waals surface area contributed by atoms with Crippen molar-refractivity contribution in [1.82, 2.24) is 5.32 Å². The molecular weight excluding hydrogens is 959 g/mol. The molecule has 0 spiro atoms. The number of unbranched alkanes of at least 4 members (excludes halogenated alkanes) is 52. The fourth-order valence-electron chi connectivity index (χ4n) is 11.3. The van der Waals surface area contributed by atoms with Crippen LogP contribution in [0.1, 0.15) is 399 Å². The van der Waals surface area contributed by atoms with Crippen molar-refractivity contribution in [2.45, 2.75) is 411 Å². The molecular formula is C72H139NO5. The lowest BCUT2D eigenvalue weighted by Crippen LogP contribution is -2.45. The second-order valence-corrected chi connectivity index (χ2v) is 24.6. The quantitative estimate of drug-likeness (QED) is 0.0320. The second kappa shape index (κ2) is 67.8. The number of hydrogen-bond acceptors (Lipinski definition) is 5. The SMILES string of the molecule is CCCCCCCCCCCCCCCCCCCCCCC(O)C(CO)NC(=O)CCCCCCCCCCCCC/C=C\C/C=C\CCCCCCCCCCCOC(=O)CCCCCCCCCCCCCCCC. The summed E-state index contributed by atoms with van der Waals surface area (Å²) < 4.78 is 5.49. The van der Waals surface area contributed by atoms with Gasteiger partial charge in [0.1, 0.15) is 0 Å². The van der Waals surface area contributed by atoms with Crippen LogP contribution in [0.4, 0.5) is 0 Å². The number of nitrogens with one attached hydrogen (secondary N) is 1. The van der Waals surface area contributed by atoms with E-state index in [1.54, 1.807) is 0 Å². The molecule has 462 valence electrons. The lowest BCUT2D eigenvalue weighted by Gasteiger charge is -2.22. The summed E-state index contributed by atoms with van der Waals surface area (Å²) in [6, 6.07) is -0.545. The summed E-state index contributed by atoms with van der Waals surface area (Å²) in [6.07, 6.45) is 85.1. The monoisotopic (exact) mass is 1100 g/mol. The van der Waals surface area contributed by atoms with Crippen molar-refractivity contribution < 1.29 is 24.5 Å². The van der Waals surface area contributed by atoms with Gasteiger partial charge in [-0.15, -0.1) is 0 Å². The first kappa shape index (κ1) is 76.3. The zero-order valence-corrected chi connectivity index (χ0v) is 52.9. The Bertz CT molecular complexity index is 1220. The molecule has 0 heterocycles. The third-order valence-electron chi connectivity index (χ3n) is 16.8. The van der Waals surface area contributed by atoms with Crippen molar-refractivity contribution in [2.75, 3.05) is 13.2 Å². The van der Waals surface area contributed by atoms with E-state index in [4.69, 9.17) is 4.74 Å². The van der Waals surface area contributed by atoms with Gasteiger partial charge in [-0.1, -0.05) is 353 Å². The molecule has 0 radical (unpaired) electrons. The van der Waals surface area contributed by atoms with E-state index in [0.717, 1.165) is 44.9 Å². The molecule has 6 nitrogen and oxygen atoms in total. The topological polar surface area (TPSA) is 95.9 Å². The lowest BCUT2D eigenvalue weighted by molar-refractivity contribution is -0.143. The minimum Gasteiger partial charge on any atom is -0.466 e. The van der Waals surface area contributed by atoms with Crippen LogP contribution in [0.2, 0.25) is 0 Å². The molecule has 0 aromatic rings. The molecule has 0 aromatic heterocycles. The minimum atomic E-state index is -0.667. The zero-order valence-electron chi connectivity index (χ0n) is 52.9. The van der Waals surface area contributed by atoms with E-state index < -0.39 is 12.1 Å². The van der Waals surface area contributed by atoms with Gasteiger partial charge in [0.05, 0.1) is 25.4 Å². The number of hydrogen-bond donors (Lipinski definition) is 3. The van der Waals surface area contributed by atoms with Gasteiger partial charge < -0.3 is 20.3 Å². The van der Waals surface area contributed by atoms with E-state index in [0.29, 0.717) is 25.9 Å². The normalized spacial score (nSPS) is 12.6. The van der Waals surface area contributed by atoms with Crippen LogP contribution in [-0.2, 0) is 14.3 Å². The van der Waals surface area contributed by atoms with Crippen LogP contribution in [0.25, 0.3) is 0 Å². The van der Waals surface area contributed by atoms with Gasteiger partial charge in [0.2, 0.25) is 5.91 Å². The predicted octanol–water partition coefficient (Wildman–Crippen LogP) is 22.9. The number of rotatable bonds is 67. The first-order valence-electron chi connectivity index (χ1n) is 35.6. The van der Waals surface area contributed by atoms with Crippen LogP contribution in [0, 0.1) is 0 Å². The molecule has 2 unspecified atom stereocenters. The Morgan fingerprint density at radius 2 is 0.641 bits per heavy atom. The molecule has 0 saturated carbocycles. The van der Waals surface area contributed by atoms with Crippen LogP contribution < -0.4 is 5.32 Å². The van der Waals surface area contributed by atoms with Gasteiger partial charge in [-0.2, -0.15) is 0 Å². The molecule has 0 aromatic carbocycles. The second-order valence-electron chi connectivity index (χ2n) is 24.6. The fourth-order valence-corrected chi connectivity index (χ4v) is 11.3. The first-order chi connectivity index (χ1) is 38.5. The molecule has 0 saturated heterocycles. The van der Waals surface area contributed by atoms with E-state index in [-0.39, 0.29) is 18.5 Å². The number of aliphatic hydroxyl groups is 2. The molecule has 3 N–H and O–H groups in total. The Balaban J connectivity index is 3.41. The number of aliphatic hydroxyl groups excluding tert-OH is 2. The molecule has 1 amide bonds. The van der Waals surface area contributed by atoms with E-state index in [9.17, 15) is 19.8 Å². The van der Waals surface area contributed by atoms with Crippen molar-refractivity contribution in [2.24, 2.45) is 0 Å². The molecule has 0 fully saturated rings. The van der Waals surface area contributed by atoms with Crippen molar-refractivity contribution in [3.05, 3.63) is 24.3 Å². The third-order valence-corrected chi connectivity index (χ3v) is 16.8. The highest BCUT2D eigenvalue weighted by molar-refractivity contribution is 5.76. The standard InChI is InChI=1S/C72H139NO5/c1-3-5-7-9-11-13-15-17-19-20-21-31-34-37-40-44-48-52-56-60-64-70(75)69(68-74)73-71(76)65-61-57-53-49-45-41-38-35-32-29-27-25-23-22-24-26-28-30-33-36-39-43-47-51-55-59-63-67-78-72(77)66-62-58-54-50-46-42-18-16-14-12-10-8-6-4-2/h22-23,26,28,69-70,74-75H,3-21,24-25,27,29-68H2,1-2H3,(H,73,76)/b23-22-,28-26-. The summed E-state index contributed by atoms with van der Waals surface area (Å²) in [4.78, 5) is 24.6. The maximum atomic E-state index is 12.5. The summed E-state index contributed by atoms with van der Waals surface area (Å²) >= 11 is 0. The van der Waals surface area contributed by atoms with Crippen LogP contribution in [0.3, 0.4) is 0 Å². The number of amides is 1. The van der Waals surface area contributed by atoms with Crippen molar-refractivity contribution in [3.8, 4) is 0 Å². The summed E-state index contributed by atoms with van der Waals surface area (Å²) in [6.45, 7) is 4.99. The summed E-state index contributed by atoms with van der Waals surface area (Å²) in [5.41, 5.74) is 0. The molecule has 6 heteroatoms. The number of carbonyl (C=O) groups excluding carboxylic acids is 2. The summed E-state index contributed by atoms with van der Waals surface area (Å²) in [5, 5.41) is 23.4. The summed E-state index contributed by atoms with van der Waals surface area (Å²) in [5.74, 6) is -0.0202. The van der Waals surface area contributed by atoms with E-state index in [1.807, 2.05) is 0 Å². The molecule has 0 aliphatic heterocycles. The van der Waals surface area contributed by atoms with Gasteiger partial charge in [-0.3, -0.25) is 9.59 Å². The van der Waals surface area contributed by atoms with Gasteiger partial charge in [0.15, 0.2) is 0 Å². The van der Waals surface area contributed by atoms with E-state index in [1.165, 1.54) is 321 Å². The zero-order chi connectivity index (χ0) is 56.4. The Hall–Kier alpha value is -1.66. The molecule has 78 heavy (non-hydrogen) atoms. The molecule has 0 aliphatic carbocycles. The number of esters is 1. The molecule has 0 aliphatic rings. The Morgan fingerprint density at radius 1 is 0.359 bits per heavy atom. The molecule has 0 rings (SSSR count). The maximum Gasteiger partial charge on any atom is 0.305 e. The van der Waals surface area contributed by atoms with E-state index >= 15 is 0 Å². The highest BCUT2D eigenvalue weighted by atomic mass is 16.5. The van der Waals surface area contributed by atoms with Crippen LogP contribution in [-0.4, -0.2) is 47.4 Å². The Kier molecular flexibility index (Phi) is 66.4. The van der Waals surface area contributed by atoms with Crippen molar-refractivity contribution in [1.29, 1.82) is 0 Å². The van der Waals surface area contributed by atoms with Crippen LogP contribution in [0.15, 0.2) is 24.3 Å². The van der Waals surface area contributed by atoms with Gasteiger partial charge in [0, 0.05) is 12.8 Å². The minimum absolute atomic E-state index is 0.0137. The van der Waals surface area contributed by atoms with Gasteiger partial charge >= 0.3 is 5.97 Å². The van der Waals surface area contributed by atoms with Crippen LogP contribution in [0.5, 0.6) is 0 Å². The third kappa shape index (κ3) is 63.5. The fraction of sp³-hybridized carbons (Fsp3) is 0.917. The number of carbonyl (C=O) groups is 2. The maximum absolute atomic E-state index is 12.5. The molecule has 2 atom stereocenters. The van der Waals surface area contributed by atoms with Gasteiger partial charge in [0.25, 0.3) is 0 Å².